The van der Waals surface area contributed by atoms with Gasteiger partial charge in [-0.15, -0.1) is 13.2 Å². The molecule has 0 radical (unpaired) electrons. The first-order chi connectivity index (χ1) is 5.61. The summed E-state index contributed by atoms with van der Waals surface area (Å²) in [7, 11) is -3.50. The van der Waals surface area contributed by atoms with Gasteiger partial charge < -0.3 is 0 Å². The standard InChI is InChI=1S/C6H7NO2S.C2H4/c7-10(8,9)6-4-2-1-3-5-6;1-2/h1-5H,(H2,7,8,9);1-2H2. The minimum absolute atomic E-state index is 0.148. The highest BCUT2D eigenvalue weighted by Gasteiger charge is 2.03. The monoisotopic (exact) mass is 185 g/mol. The van der Waals surface area contributed by atoms with Crippen LogP contribution in [0.3, 0.4) is 0 Å². The largest absolute Gasteiger partial charge is 0.238 e. The first-order valence-corrected chi connectivity index (χ1v) is 4.73. The van der Waals surface area contributed by atoms with Gasteiger partial charge in [0.15, 0.2) is 0 Å². The van der Waals surface area contributed by atoms with E-state index in [-0.39, 0.29) is 4.90 Å². The van der Waals surface area contributed by atoms with Gasteiger partial charge in [-0.05, 0) is 12.1 Å². The molecular formula is C8H11NO2S. The molecule has 4 heteroatoms. The molecule has 0 spiro atoms. The summed E-state index contributed by atoms with van der Waals surface area (Å²) in [4.78, 5) is 0.148. The average Bonchev–Trinajstić information content (AvgIpc) is 2.08. The Kier molecular flexibility index (Phi) is 4.25. The van der Waals surface area contributed by atoms with Crippen LogP contribution in [0.1, 0.15) is 0 Å². The predicted octanol–water partition coefficient (Wildman–Crippen LogP) is 1.14. The Balaban J connectivity index is 0.000000561. The molecule has 0 saturated carbocycles. The van der Waals surface area contributed by atoms with Crippen LogP contribution in [0.25, 0.3) is 0 Å². The van der Waals surface area contributed by atoms with Gasteiger partial charge >= 0.3 is 0 Å². The highest BCUT2D eigenvalue weighted by Crippen LogP contribution is 2.02. The van der Waals surface area contributed by atoms with Crippen molar-refractivity contribution in [3.05, 3.63) is 43.5 Å². The van der Waals surface area contributed by atoms with Crippen molar-refractivity contribution in [2.24, 2.45) is 5.14 Å². The zero-order valence-electron chi connectivity index (χ0n) is 6.60. The fourth-order valence-electron chi connectivity index (χ4n) is 0.610. The second-order valence-corrected chi connectivity index (χ2v) is 3.42. The van der Waals surface area contributed by atoms with Crippen LogP contribution in [0.4, 0.5) is 0 Å². The second-order valence-electron chi connectivity index (χ2n) is 1.86. The summed E-state index contributed by atoms with van der Waals surface area (Å²) in [6, 6.07) is 7.89. The topological polar surface area (TPSA) is 60.2 Å². The molecule has 3 nitrogen and oxygen atoms in total. The number of hydrogen-bond acceptors (Lipinski definition) is 2. The molecule has 66 valence electrons. The number of primary sulfonamides is 1. The van der Waals surface area contributed by atoms with Crippen LogP contribution < -0.4 is 5.14 Å². The van der Waals surface area contributed by atoms with E-state index in [1.54, 1.807) is 18.2 Å². The van der Waals surface area contributed by atoms with Crippen LogP contribution in [0.15, 0.2) is 48.4 Å². The molecule has 0 aromatic heterocycles. The smallest absolute Gasteiger partial charge is 0.225 e. The lowest BCUT2D eigenvalue weighted by Gasteiger charge is -1.93. The van der Waals surface area contributed by atoms with Crippen molar-refractivity contribution in [2.75, 3.05) is 0 Å². The highest BCUT2D eigenvalue weighted by molar-refractivity contribution is 7.89. The van der Waals surface area contributed by atoms with Crippen LogP contribution in [0, 0.1) is 0 Å². The van der Waals surface area contributed by atoms with Crippen molar-refractivity contribution in [1.82, 2.24) is 0 Å². The van der Waals surface area contributed by atoms with Crippen molar-refractivity contribution >= 4 is 10.0 Å². The van der Waals surface area contributed by atoms with Gasteiger partial charge in [-0.3, -0.25) is 0 Å². The number of rotatable bonds is 1. The Bertz CT molecular complexity index is 318. The molecule has 0 aliphatic carbocycles. The van der Waals surface area contributed by atoms with Gasteiger partial charge in [-0.25, -0.2) is 13.6 Å². The third-order valence-electron chi connectivity index (χ3n) is 1.07. The van der Waals surface area contributed by atoms with Crippen molar-refractivity contribution in [3.8, 4) is 0 Å². The van der Waals surface area contributed by atoms with Crippen LogP contribution in [0.5, 0.6) is 0 Å². The average molecular weight is 185 g/mol. The Morgan fingerprint density at radius 2 is 1.50 bits per heavy atom. The van der Waals surface area contributed by atoms with Gasteiger partial charge in [-0.2, -0.15) is 0 Å². The first kappa shape index (κ1) is 10.9. The van der Waals surface area contributed by atoms with Crippen LogP contribution >= 0.6 is 0 Å². The van der Waals surface area contributed by atoms with Gasteiger partial charge in [0, 0.05) is 0 Å². The van der Waals surface area contributed by atoms with Crippen LogP contribution in [0.2, 0.25) is 0 Å². The van der Waals surface area contributed by atoms with Gasteiger partial charge in [-0.1, -0.05) is 18.2 Å². The summed E-state index contributed by atoms with van der Waals surface area (Å²) in [5.41, 5.74) is 0. The minimum atomic E-state index is -3.50. The van der Waals surface area contributed by atoms with Crippen molar-refractivity contribution in [1.29, 1.82) is 0 Å². The Morgan fingerprint density at radius 1 is 1.08 bits per heavy atom. The molecule has 0 aliphatic heterocycles. The predicted molar refractivity (Wildman–Crippen MR) is 49.1 cm³/mol. The van der Waals surface area contributed by atoms with Crippen molar-refractivity contribution < 1.29 is 8.42 Å². The first-order valence-electron chi connectivity index (χ1n) is 3.18. The van der Waals surface area contributed by atoms with E-state index in [9.17, 15) is 8.42 Å². The molecule has 0 atom stereocenters. The van der Waals surface area contributed by atoms with E-state index in [0.29, 0.717) is 0 Å². The highest BCUT2D eigenvalue weighted by atomic mass is 32.2. The molecule has 0 aliphatic rings. The second kappa shape index (κ2) is 4.69. The van der Waals surface area contributed by atoms with E-state index in [2.05, 4.69) is 13.2 Å². The summed E-state index contributed by atoms with van der Waals surface area (Å²) in [6.07, 6.45) is 0. The van der Waals surface area contributed by atoms with Crippen molar-refractivity contribution in [2.45, 2.75) is 4.90 Å². The van der Waals surface area contributed by atoms with Gasteiger partial charge in [0.1, 0.15) is 0 Å². The molecular weight excluding hydrogens is 174 g/mol. The molecule has 0 bridgehead atoms. The Hall–Kier alpha value is -1.13. The summed E-state index contributed by atoms with van der Waals surface area (Å²) in [5, 5.41) is 4.83. The summed E-state index contributed by atoms with van der Waals surface area (Å²) < 4.78 is 21.2. The fourth-order valence-corrected chi connectivity index (χ4v) is 1.15. The SMILES string of the molecule is C=C.NS(=O)(=O)c1ccccc1. The zero-order valence-corrected chi connectivity index (χ0v) is 7.42. The molecule has 2 N–H and O–H groups in total. The molecule has 12 heavy (non-hydrogen) atoms. The quantitative estimate of drug-likeness (QED) is 0.667. The zero-order chi connectivity index (χ0) is 9.61. The molecule has 0 amide bonds. The molecule has 0 heterocycles. The molecule has 1 aromatic rings. The Labute approximate surface area is 72.6 Å². The lowest BCUT2D eigenvalue weighted by molar-refractivity contribution is 0.598. The molecule has 0 saturated heterocycles. The van der Waals surface area contributed by atoms with E-state index in [0.717, 1.165) is 0 Å². The maximum absolute atomic E-state index is 10.6. The van der Waals surface area contributed by atoms with E-state index in [1.807, 2.05) is 0 Å². The normalized spacial score (nSPS) is 9.75. The van der Waals surface area contributed by atoms with E-state index >= 15 is 0 Å². The van der Waals surface area contributed by atoms with Crippen LogP contribution in [-0.4, -0.2) is 8.42 Å². The maximum atomic E-state index is 10.6. The van der Waals surface area contributed by atoms with Gasteiger partial charge in [0.25, 0.3) is 0 Å². The lowest BCUT2D eigenvalue weighted by Crippen LogP contribution is -2.11. The number of benzene rings is 1. The molecule has 1 rings (SSSR count). The van der Waals surface area contributed by atoms with E-state index in [4.69, 9.17) is 5.14 Å². The minimum Gasteiger partial charge on any atom is -0.225 e. The molecule has 0 fully saturated rings. The molecule has 1 aromatic carbocycles. The maximum Gasteiger partial charge on any atom is 0.238 e. The lowest BCUT2D eigenvalue weighted by atomic mass is 10.4. The fraction of sp³-hybridized carbons (Fsp3) is 0. The summed E-state index contributed by atoms with van der Waals surface area (Å²) >= 11 is 0. The third kappa shape index (κ3) is 3.32. The third-order valence-corrected chi connectivity index (χ3v) is 2.00. The van der Waals surface area contributed by atoms with E-state index < -0.39 is 10.0 Å². The number of sulfonamides is 1. The van der Waals surface area contributed by atoms with E-state index in [1.165, 1.54) is 12.1 Å². The Morgan fingerprint density at radius 3 is 1.75 bits per heavy atom. The van der Waals surface area contributed by atoms with Crippen LogP contribution in [-0.2, 0) is 10.0 Å². The number of nitrogens with two attached hydrogens (primary N) is 1. The summed E-state index contributed by atoms with van der Waals surface area (Å²) in [6.45, 7) is 6.00. The number of hydrogen-bond donors (Lipinski definition) is 1. The molecule has 0 unspecified atom stereocenters. The van der Waals surface area contributed by atoms with Gasteiger partial charge in [0.05, 0.1) is 4.90 Å². The van der Waals surface area contributed by atoms with Crippen molar-refractivity contribution in [3.63, 3.8) is 0 Å². The van der Waals surface area contributed by atoms with Gasteiger partial charge in [0.2, 0.25) is 10.0 Å². The summed E-state index contributed by atoms with van der Waals surface area (Å²) in [5.74, 6) is 0.